The number of rotatable bonds is 4. The Morgan fingerprint density at radius 3 is 2.60 bits per heavy atom. The number of hydrogen-bond acceptors (Lipinski definition) is 2. The molecule has 0 amide bonds. The molecular formula is C17H17ClO2. The van der Waals surface area contributed by atoms with Crippen LogP contribution in [0.5, 0.6) is 5.75 Å². The van der Waals surface area contributed by atoms with E-state index >= 15 is 0 Å². The number of ether oxygens (including phenoxy) is 1. The standard InChI is InChI=1S/C17H17ClO2/c1-11-4-5-12(2)14(8-11)10-20-17-7-6-15(18)9-16(17)13(3)19/h4-9H,10H2,1-3H3. The van der Waals surface area contributed by atoms with Crippen LogP contribution >= 0.6 is 11.6 Å². The monoisotopic (exact) mass is 288 g/mol. The molecule has 0 radical (unpaired) electrons. The molecule has 2 aromatic rings. The number of carbonyl (C=O) groups is 1. The smallest absolute Gasteiger partial charge is 0.163 e. The lowest BCUT2D eigenvalue weighted by Crippen LogP contribution is -2.03. The molecule has 0 spiro atoms. The summed E-state index contributed by atoms with van der Waals surface area (Å²) in [5, 5.41) is 0.536. The highest BCUT2D eigenvalue weighted by Crippen LogP contribution is 2.25. The van der Waals surface area contributed by atoms with Gasteiger partial charge in [-0.25, -0.2) is 0 Å². The van der Waals surface area contributed by atoms with Gasteiger partial charge >= 0.3 is 0 Å². The first kappa shape index (κ1) is 14.6. The van der Waals surface area contributed by atoms with Crippen molar-refractivity contribution in [3.63, 3.8) is 0 Å². The van der Waals surface area contributed by atoms with Gasteiger partial charge in [0.15, 0.2) is 5.78 Å². The molecule has 0 saturated heterocycles. The maximum atomic E-state index is 11.6. The third-order valence-electron chi connectivity index (χ3n) is 3.21. The van der Waals surface area contributed by atoms with Crippen molar-refractivity contribution >= 4 is 17.4 Å². The van der Waals surface area contributed by atoms with Crippen LogP contribution in [-0.4, -0.2) is 5.78 Å². The van der Waals surface area contributed by atoms with Gasteiger partial charge in [-0.15, -0.1) is 0 Å². The van der Waals surface area contributed by atoms with Gasteiger partial charge in [0.25, 0.3) is 0 Å². The van der Waals surface area contributed by atoms with Gasteiger partial charge in [0.05, 0.1) is 5.56 Å². The second kappa shape index (κ2) is 6.10. The molecule has 104 valence electrons. The summed E-state index contributed by atoms with van der Waals surface area (Å²) in [7, 11) is 0. The Morgan fingerprint density at radius 2 is 1.90 bits per heavy atom. The van der Waals surface area contributed by atoms with Crippen LogP contribution in [0.1, 0.15) is 34.0 Å². The molecule has 3 heteroatoms. The summed E-state index contributed by atoms with van der Waals surface area (Å²) in [6, 6.07) is 11.3. The fraction of sp³-hybridized carbons (Fsp3) is 0.235. The van der Waals surface area contributed by atoms with E-state index in [1.54, 1.807) is 18.2 Å². The van der Waals surface area contributed by atoms with Crippen molar-refractivity contribution in [3.05, 3.63) is 63.7 Å². The molecule has 2 aromatic carbocycles. The SMILES string of the molecule is CC(=O)c1cc(Cl)ccc1OCc1cc(C)ccc1C. The number of ketones is 1. The summed E-state index contributed by atoms with van der Waals surface area (Å²) in [6.45, 7) is 6.05. The van der Waals surface area contributed by atoms with E-state index in [2.05, 4.69) is 18.2 Å². The number of carbonyl (C=O) groups excluding carboxylic acids is 1. The molecule has 0 aliphatic heterocycles. The van der Waals surface area contributed by atoms with Crippen LogP contribution in [0.15, 0.2) is 36.4 Å². The van der Waals surface area contributed by atoms with E-state index in [1.807, 2.05) is 13.8 Å². The van der Waals surface area contributed by atoms with Crippen LogP contribution in [0.25, 0.3) is 0 Å². The van der Waals surface area contributed by atoms with Crippen molar-refractivity contribution in [1.82, 2.24) is 0 Å². The van der Waals surface area contributed by atoms with Crippen LogP contribution < -0.4 is 4.74 Å². The first-order chi connectivity index (χ1) is 9.47. The lowest BCUT2D eigenvalue weighted by atomic mass is 10.1. The largest absolute Gasteiger partial charge is 0.488 e. The van der Waals surface area contributed by atoms with Gasteiger partial charge in [-0.3, -0.25) is 4.79 Å². The zero-order valence-corrected chi connectivity index (χ0v) is 12.6. The van der Waals surface area contributed by atoms with Gasteiger partial charge in [0.2, 0.25) is 0 Å². The molecular weight excluding hydrogens is 272 g/mol. The predicted octanol–water partition coefficient (Wildman–Crippen LogP) is 4.74. The van der Waals surface area contributed by atoms with Crippen LogP contribution in [0.3, 0.4) is 0 Å². The molecule has 0 aliphatic carbocycles. The minimum atomic E-state index is -0.0523. The average molecular weight is 289 g/mol. The van der Waals surface area contributed by atoms with E-state index in [9.17, 15) is 4.79 Å². The van der Waals surface area contributed by atoms with Crippen LogP contribution in [0.2, 0.25) is 5.02 Å². The topological polar surface area (TPSA) is 26.3 Å². The maximum Gasteiger partial charge on any atom is 0.163 e. The van der Waals surface area contributed by atoms with Gasteiger partial charge in [-0.2, -0.15) is 0 Å². The van der Waals surface area contributed by atoms with Crippen molar-refractivity contribution < 1.29 is 9.53 Å². The quantitative estimate of drug-likeness (QED) is 0.760. The lowest BCUT2D eigenvalue weighted by Gasteiger charge is -2.12. The molecule has 0 N–H and O–H groups in total. The van der Waals surface area contributed by atoms with Crippen molar-refractivity contribution in [3.8, 4) is 5.75 Å². The molecule has 0 unspecified atom stereocenters. The Labute approximate surface area is 124 Å². The third-order valence-corrected chi connectivity index (χ3v) is 3.44. The normalized spacial score (nSPS) is 10.4. The molecule has 2 rings (SSSR count). The molecule has 0 atom stereocenters. The highest BCUT2D eigenvalue weighted by atomic mass is 35.5. The van der Waals surface area contributed by atoms with Gasteiger partial charge in [-0.05, 0) is 50.1 Å². The molecule has 20 heavy (non-hydrogen) atoms. The lowest BCUT2D eigenvalue weighted by molar-refractivity contribution is 0.101. The van der Waals surface area contributed by atoms with E-state index in [0.717, 1.165) is 5.56 Å². The summed E-state index contributed by atoms with van der Waals surface area (Å²) in [5.41, 5.74) is 4.00. The minimum absolute atomic E-state index is 0.0523. The molecule has 0 fully saturated rings. The van der Waals surface area contributed by atoms with E-state index < -0.39 is 0 Å². The predicted molar refractivity (Wildman–Crippen MR) is 81.7 cm³/mol. The first-order valence-electron chi connectivity index (χ1n) is 6.47. The third kappa shape index (κ3) is 3.40. The highest BCUT2D eigenvalue weighted by molar-refractivity contribution is 6.31. The summed E-state index contributed by atoms with van der Waals surface area (Å²) >= 11 is 5.92. The Bertz CT molecular complexity index is 647. The van der Waals surface area contributed by atoms with Gasteiger partial charge in [-0.1, -0.05) is 35.4 Å². The fourth-order valence-corrected chi connectivity index (χ4v) is 2.19. The Hall–Kier alpha value is -1.80. The number of benzene rings is 2. The maximum absolute atomic E-state index is 11.6. The number of halogens is 1. The Morgan fingerprint density at radius 1 is 1.15 bits per heavy atom. The summed E-state index contributed by atoms with van der Waals surface area (Å²) in [4.78, 5) is 11.6. The van der Waals surface area contributed by atoms with Crippen LogP contribution in [0, 0.1) is 13.8 Å². The summed E-state index contributed by atoms with van der Waals surface area (Å²) in [5.74, 6) is 0.520. The fourth-order valence-electron chi connectivity index (χ4n) is 2.01. The Kier molecular flexibility index (Phi) is 4.46. The summed E-state index contributed by atoms with van der Waals surface area (Å²) < 4.78 is 5.80. The molecule has 0 bridgehead atoms. The Balaban J connectivity index is 2.23. The van der Waals surface area contributed by atoms with E-state index in [0.29, 0.717) is 22.9 Å². The van der Waals surface area contributed by atoms with Gasteiger partial charge in [0.1, 0.15) is 12.4 Å². The molecule has 0 aromatic heterocycles. The van der Waals surface area contributed by atoms with Gasteiger partial charge < -0.3 is 4.74 Å². The summed E-state index contributed by atoms with van der Waals surface area (Å²) in [6.07, 6.45) is 0. The first-order valence-corrected chi connectivity index (χ1v) is 6.84. The van der Waals surface area contributed by atoms with E-state index in [-0.39, 0.29) is 5.78 Å². The van der Waals surface area contributed by atoms with E-state index in [1.165, 1.54) is 18.1 Å². The number of Topliss-reactive ketones (excluding diaryl/α,β-unsaturated/α-hetero) is 1. The van der Waals surface area contributed by atoms with E-state index in [4.69, 9.17) is 16.3 Å². The highest BCUT2D eigenvalue weighted by Gasteiger charge is 2.10. The zero-order chi connectivity index (χ0) is 14.7. The second-order valence-electron chi connectivity index (χ2n) is 4.92. The van der Waals surface area contributed by atoms with Crippen molar-refractivity contribution in [2.24, 2.45) is 0 Å². The van der Waals surface area contributed by atoms with Crippen molar-refractivity contribution in [1.29, 1.82) is 0 Å². The molecule has 2 nitrogen and oxygen atoms in total. The van der Waals surface area contributed by atoms with Crippen molar-refractivity contribution in [2.75, 3.05) is 0 Å². The van der Waals surface area contributed by atoms with Crippen LogP contribution in [0.4, 0.5) is 0 Å². The minimum Gasteiger partial charge on any atom is -0.488 e. The number of hydrogen-bond donors (Lipinski definition) is 0. The average Bonchev–Trinajstić information content (AvgIpc) is 2.40. The molecule has 0 aliphatic rings. The van der Waals surface area contributed by atoms with Crippen LogP contribution in [-0.2, 0) is 6.61 Å². The number of aryl methyl sites for hydroxylation is 2. The van der Waals surface area contributed by atoms with Crippen molar-refractivity contribution in [2.45, 2.75) is 27.4 Å². The zero-order valence-electron chi connectivity index (χ0n) is 11.9. The van der Waals surface area contributed by atoms with Gasteiger partial charge in [0, 0.05) is 5.02 Å². The molecule has 0 heterocycles. The second-order valence-corrected chi connectivity index (χ2v) is 5.35. The molecule has 0 saturated carbocycles.